The lowest BCUT2D eigenvalue weighted by atomic mass is 9.85. The van der Waals surface area contributed by atoms with Crippen molar-refractivity contribution in [3.05, 3.63) is 108 Å². The van der Waals surface area contributed by atoms with Crippen LogP contribution < -0.4 is 5.73 Å². The van der Waals surface area contributed by atoms with E-state index < -0.39 is 84.8 Å². The highest BCUT2D eigenvalue weighted by Crippen LogP contribution is 2.45. The Labute approximate surface area is 322 Å². The molecule has 4 heterocycles. The van der Waals surface area contributed by atoms with Crippen LogP contribution in [0.25, 0.3) is 0 Å². The minimum Gasteiger partial charge on any atom is -0.468 e. The van der Waals surface area contributed by atoms with Crippen molar-refractivity contribution in [2.75, 3.05) is 20.3 Å². The quantitative estimate of drug-likeness (QED) is 0.215. The molecule has 2 N–H and O–H groups in total. The van der Waals surface area contributed by atoms with Gasteiger partial charge in [0.05, 0.1) is 52.2 Å². The van der Waals surface area contributed by atoms with E-state index in [0.717, 1.165) is 16.7 Å². The molecule has 3 aromatic rings. The number of hydrogen-bond donors (Lipinski definition) is 1. The number of methoxy groups -OCH3 is 1. The van der Waals surface area contributed by atoms with E-state index in [1.54, 1.807) is 0 Å². The Morgan fingerprint density at radius 1 is 0.636 bits per heavy atom. The summed E-state index contributed by atoms with van der Waals surface area (Å²) in [5.41, 5.74) is 9.63. The molecule has 3 aromatic carbocycles. The minimum atomic E-state index is -1.22. The Bertz CT molecular complexity index is 1660. The fourth-order valence-electron chi connectivity index (χ4n) is 7.70. The summed E-state index contributed by atoms with van der Waals surface area (Å²) in [6, 6.07) is 28.2. The first-order valence-corrected chi connectivity index (χ1v) is 18.9. The van der Waals surface area contributed by atoms with Crippen molar-refractivity contribution < 1.29 is 56.9 Å². The Hall–Kier alpha value is -3.31. The smallest absolute Gasteiger partial charge is 0.323 e. The van der Waals surface area contributed by atoms with Crippen molar-refractivity contribution >= 4 is 5.97 Å². The Morgan fingerprint density at radius 2 is 1.16 bits per heavy atom. The third-order valence-corrected chi connectivity index (χ3v) is 10.2. The molecule has 11 atom stereocenters. The van der Waals surface area contributed by atoms with Crippen molar-refractivity contribution in [3.8, 4) is 0 Å². The molecule has 0 aliphatic carbocycles. The lowest BCUT2D eigenvalue weighted by molar-refractivity contribution is -0.320. The van der Waals surface area contributed by atoms with E-state index in [1.165, 1.54) is 7.11 Å². The molecule has 13 nitrogen and oxygen atoms in total. The van der Waals surface area contributed by atoms with Gasteiger partial charge in [0.15, 0.2) is 24.2 Å². The van der Waals surface area contributed by atoms with Gasteiger partial charge in [-0.25, -0.2) is 0 Å². The van der Waals surface area contributed by atoms with Crippen LogP contribution in [0, 0.1) is 5.92 Å². The van der Waals surface area contributed by atoms with Gasteiger partial charge in [-0.1, -0.05) is 91.0 Å². The molecular formula is C42H53NO12. The van der Waals surface area contributed by atoms with Gasteiger partial charge >= 0.3 is 5.97 Å². The summed E-state index contributed by atoms with van der Waals surface area (Å²) in [5, 5.41) is 0. The predicted molar refractivity (Wildman–Crippen MR) is 197 cm³/mol. The first kappa shape index (κ1) is 39.9. The molecule has 4 aliphatic heterocycles. The van der Waals surface area contributed by atoms with Crippen LogP contribution in [0.15, 0.2) is 91.0 Å². The number of ether oxygens (including phenoxy) is 11. The Kier molecular flexibility index (Phi) is 12.7. The second-order valence-electron chi connectivity index (χ2n) is 15.2. The van der Waals surface area contributed by atoms with Crippen LogP contribution in [-0.2, 0) is 76.7 Å². The van der Waals surface area contributed by atoms with Gasteiger partial charge in [0.25, 0.3) is 0 Å². The first-order chi connectivity index (χ1) is 26.5. The highest BCUT2D eigenvalue weighted by Gasteiger charge is 2.61. The van der Waals surface area contributed by atoms with Crippen molar-refractivity contribution in [1.82, 2.24) is 0 Å². The third-order valence-electron chi connectivity index (χ3n) is 10.2. The van der Waals surface area contributed by atoms with Crippen LogP contribution in [0.5, 0.6) is 0 Å². The van der Waals surface area contributed by atoms with Gasteiger partial charge < -0.3 is 57.8 Å². The first-order valence-electron chi connectivity index (χ1n) is 18.9. The van der Waals surface area contributed by atoms with Crippen molar-refractivity contribution in [1.29, 1.82) is 0 Å². The van der Waals surface area contributed by atoms with Gasteiger partial charge in [-0.3, -0.25) is 4.79 Å². The molecule has 4 aliphatic rings. The summed E-state index contributed by atoms with van der Waals surface area (Å²) in [7, 11) is 1.29. The van der Waals surface area contributed by atoms with E-state index in [9.17, 15) is 4.79 Å². The lowest BCUT2D eigenvalue weighted by Gasteiger charge is -2.48. The summed E-state index contributed by atoms with van der Waals surface area (Å²) in [6.07, 6.45) is -6.28. The number of fused-ring (bicyclic) bond motifs is 3. The number of rotatable bonds is 15. The van der Waals surface area contributed by atoms with Gasteiger partial charge in [-0.05, 0) is 44.4 Å². The van der Waals surface area contributed by atoms with Crippen LogP contribution in [0.2, 0.25) is 0 Å². The standard InChI is InChI=1S/C42H53NO12/c1-41(2)52-34-30(51-40-37(36(34)53-41)54-42(3,4)55-40)25-49-39-31(32(43)38(44)45-5)35(48-23-28-19-13-8-14-20-28)33(47-22-27-17-11-7-12-18-27)29(50-39)24-46-21-26-15-9-6-10-16-26/h6-20,29-37,39-40H,21-25,43H2,1-5H3/t29-,30-,31-,32-,33-,34+,35-,36+,37-,39-,40-/m1/s1. The summed E-state index contributed by atoms with van der Waals surface area (Å²) >= 11 is 0. The summed E-state index contributed by atoms with van der Waals surface area (Å²) < 4.78 is 69.8. The molecule has 4 saturated heterocycles. The maximum atomic E-state index is 13.3. The van der Waals surface area contributed by atoms with E-state index in [-0.39, 0.29) is 26.4 Å². The molecule has 0 unspecified atom stereocenters. The second kappa shape index (κ2) is 17.5. The summed E-state index contributed by atoms with van der Waals surface area (Å²) in [5.74, 6) is -3.33. The average Bonchev–Trinajstić information content (AvgIpc) is 3.69. The normalized spacial score (nSPS) is 32.7. The zero-order valence-electron chi connectivity index (χ0n) is 32.0. The molecular weight excluding hydrogens is 710 g/mol. The highest BCUT2D eigenvalue weighted by molar-refractivity contribution is 5.76. The van der Waals surface area contributed by atoms with E-state index in [0.29, 0.717) is 6.61 Å². The van der Waals surface area contributed by atoms with E-state index in [1.807, 2.05) is 119 Å². The van der Waals surface area contributed by atoms with Gasteiger partial charge in [-0.2, -0.15) is 0 Å². The topological polar surface area (TPSA) is 145 Å². The molecule has 0 amide bonds. The summed E-state index contributed by atoms with van der Waals surface area (Å²) in [4.78, 5) is 13.3. The number of carbonyl (C=O) groups excluding carboxylic acids is 1. The van der Waals surface area contributed by atoms with Crippen LogP contribution in [-0.4, -0.2) is 99.2 Å². The SMILES string of the molecule is COC(=O)[C@H](N)[C@H]1[C@H](OC[C@H]2O[C@@H]3OC(C)(C)O[C@@H]3[C@H]3OC(C)(C)O[C@H]32)O[C@H](COCc2ccccc2)[C@@H](OCc2ccccc2)[C@@H]1OCc1ccccc1. The van der Waals surface area contributed by atoms with Crippen LogP contribution in [0.3, 0.4) is 0 Å². The molecule has 298 valence electrons. The number of esters is 1. The van der Waals surface area contributed by atoms with Crippen molar-refractivity contribution in [2.45, 2.75) is 120 Å². The largest absolute Gasteiger partial charge is 0.468 e. The molecule has 0 bridgehead atoms. The molecule has 0 saturated carbocycles. The number of benzene rings is 3. The maximum absolute atomic E-state index is 13.3. The van der Waals surface area contributed by atoms with Gasteiger partial charge in [-0.15, -0.1) is 0 Å². The fourth-order valence-corrected chi connectivity index (χ4v) is 7.70. The van der Waals surface area contributed by atoms with Crippen molar-refractivity contribution in [3.63, 3.8) is 0 Å². The average molecular weight is 764 g/mol. The molecule has 55 heavy (non-hydrogen) atoms. The van der Waals surface area contributed by atoms with Gasteiger partial charge in [0.2, 0.25) is 0 Å². The molecule has 4 fully saturated rings. The Morgan fingerprint density at radius 3 is 1.76 bits per heavy atom. The van der Waals surface area contributed by atoms with E-state index >= 15 is 0 Å². The lowest BCUT2D eigenvalue weighted by Crippen LogP contribution is -2.64. The number of nitrogens with two attached hydrogens (primary N) is 1. The Balaban J connectivity index is 1.19. The van der Waals surface area contributed by atoms with E-state index in [4.69, 9.17) is 57.8 Å². The van der Waals surface area contributed by atoms with Crippen LogP contribution in [0.1, 0.15) is 44.4 Å². The maximum Gasteiger partial charge on any atom is 0.323 e. The molecule has 13 heteroatoms. The molecule has 0 radical (unpaired) electrons. The number of hydrogen-bond acceptors (Lipinski definition) is 13. The zero-order chi connectivity index (χ0) is 38.6. The third kappa shape index (κ3) is 9.63. The number of carbonyl (C=O) groups is 1. The minimum absolute atomic E-state index is 0.0266. The predicted octanol–water partition coefficient (Wildman–Crippen LogP) is 4.63. The molecule has 7 rings (SSSR count). The monoisotopic (exact) mass is 763 g/mol. The zero-order valence-corrected chi connectivity index (χ0v) is 32.0. The highest BCUT2D eigenvalue weighted by atomic mass is 16.9. The fraction of sp³-hybridized carbons (Fsp3) is 0.548. The summed E-state index contributed by atoms with van der Waals surface area (Å²) in [6.45, 7) is 8.24. The van der Waals surface area contributed by atoms with Crippen LogP contribution in [0.4, 0.5) is 0 Å². The second-order valence-corrected chi connectivity index (χ2v) is 15.2. The van der Waals surface area contributed by atoms with Gasteiger partial charge in [0.1, 0.15) is 42.7 Å². The van der Waals surface area contributed by atoms with E-state index in [2.05, 4.69) is 0 Å². The molecule has 0 spiro atoms. The van der Waals surface area contributed by atoms with Gasteiger partial charge in [0, 0.05) is 0 Å². The van der Waals surface area contributed by atoms with Crippen LogP contribution >= 0.6 is 0 Å². The van der Waals surface area contributed by atoms with Crippen molar-refractivity contribution in [2.24, 2.45) is 11.7 Å². The molecule has 0 aromatic heterocycles.